The molecule has 41 heavy (non-hydrogen) atoms. The summed E-state index contributed by atoms with van der Waals surface area (Å²) in [6, 6.07) is 25.5. The van der Waals surface area contributed by atoms with Gasteiger partial charge in [0.25, 0.3) is 5.56 Å². The van der Waals surface area contributed by atoms with Gasteiger partial charge in [-0.3, -0.25) is 14.3 Å². The predicted octanol–water partition coefficient (Wildman–Crippen LogP) is 2.74. The lowest BCUT2D eigenvalue weighted by Gasteiger charge is -2.25. The molecular weight excluding hydrogens is 532 g/mol. The average Bonchev–Trinajstić information content (AvgIpc) is 3.33. The number of hydrogen-bond donors (Lipinski definition) is 1. The van der Waals surface area contributed by atoms with Gasteiger partial charge in [0, 0.05) is 12.3 Å². The maximum Gasteiger partial charge on any atom is 0.338 e. The third-order valence-electron chi connectivity index (χ3n) is 6.30. The molecule has 1 aliphatic rings. The lowest BCUT2D eigenvalue weighted by molar-refractivity contribution is -0.0640. The summed E-state index contributed by atoms with van der Waals surface area (Å²) in [4.78, 5) is 65.5. The zero-order chi connectivity index (χ0) is 28.8. The molecule has 3 aromatic carbocycles. The molecule has 0 saturated carbocycles. The van der Waals surface area contributed by atoms with Gasteiger partial charge in [-0.1, -0.05) is 54.6 Å². The molecule has 0 unspecified atom stereocenters. The molecule has 4 aromatic rings. The van der Waals surface area contributed by atoms with Crippen LogP contribution in [0.4, 0.5) is 0 Å². The zero-order valence-electron chi connectivity index (χ0n) is 21.5. The third kappa shape index (κ3) is 6.31. The normalized spacial score (nSPS) is 19.7. The van der Waals surface area contributed by atoms with Crippen LogP contribution in [0.5, 0.6) is 0 Å². The second-order valence-electron chi connectivity index (χ2n) is 9.02. The highest BCUT2D eigenvalue weighted by Crippen LogP contribution is 2.34. The highest BCUT2D eigenvalue weighted by atomic mass is 16.7. The van der Waals surface area contributed by atoms with Gasteiger partial charge in [0.1, 0.15) is 12.7 Å². The number of aromatic amines is 1. The molecule has 2 heterocycles. The van der Waals surface area contributed by atoms with E-state index in [4.69, 9.17) is 18.9 Å². The van der Waals surface area contributed by atoms with Crippen LogP contribution in [0.3, 0.4) is 0 Å². The van der Waals surface area contributed by atoms with Crippen LogP contribution in [0.2, 0.25) is 0 Å². The molecule has 0 aliphatic carbocycles. The summed E-state index contributed by atoms with van der Waals surface area (Å²) < 4.78 is 24.1. The van der Waals surface area contributed by atoms with E-state index in [9.17, 15) is 24.0 Å². The molecule has 4 atom stereocenters. The minimum absolute atomic E-state index is 0.201. The topological polar surface area (TPSA) is 143 Å². The van der Waals surface area contributed by atoms with E-state index in [1.165, 1.54) is 30.5 Å². The number of carbonyl (C=O) groups excluding carboxylic acids is 3. The van der Waals surface area contributed by atoms with Crippen molar-refractivity contribution in [3.8, 4) is 0 Å². The summed E-state index contributed by atoms with van der Waals surface area (Å²) in [5, 5.41) is 0. The molecule has 0 amide bonds. The Morgan fingerprint density at radius 1 is 0.683 bits per heavy atom. The van der Waals surface area contributed by atoms with E-state index in [0.717, 1.165) is 10.6 Å². The fourth-order valence-corrected chi connectivity index (χ4v) is 4.31. The first-order valence-corrected chi connectivity index (χ1v) is 12.6. The molecular formula is C30H24N2O9. The van der Waals surface area contributed by atoms with E-state index < -0.39 is 60.3 Å². The number of aromatic nitrogens is 2. The van der Waals surface area contributed by atoms with Crippen LogP contribution in [-0.4, -0.2) is 52.4 Å². The second-order valence-corrected chi connectivity index (χ2v) is 9.02. The number of nitrogens with zero attached hydrogens (tertiary/aromatic N) is 1. The first kappa shape index (κ1) is 27.3. The van der Waals surface area contributed by atoms with Crippen molar-refractivity contribution in [2.75, 3.05) is 6.61 Å². The molecule has 1 saturated heterocycles. The standard InChI is InChI=1S/C30H24N2O9/c33-23-16-17-32(30(37)31-23)26-25(41-29(36)21-14-8-3-9-15-21)24(40-28(35)20-12-6-2-7-13-20)22(39-26)18-38-27(34)19-10-4-1-5-11-19/h1-17,22,24-26H,18H2,(H,31,33,37)/t22-,24+,25+,26-/m1/s1. The molecule has 1 aromatic heterocycles. The Hall–Kier alpha value is -5.29. The van der Waals surface area contributed by atoms with Crippen molar-refractivity contribution in [3.05, 3.63) is 141 Å². The molecule has 11 nitrogen and oxygen atoms in total. The van der Waals surface area contributed by atoms with E-state index in [1.807, 2.05) is 0 Å². The molecule has 1 aliphatic heterocycles. The van der Waals surface area contributed by atoms with Gasteiger partial charge in [-0.15, -0.1) is 0 Å². The van der Waals surface area contributed by atoms with E-state index in [2.05, 4.69) is 4.98 Å². The molecule has 0 spiro atoms. The lowest BCUT2D eigenvalue weighted by Crippen LogP contribution is -2.43. The number of ether oxygens (including phenoxy) is 4. The Balaban J connectivity index is 1.50. The van der Waals surface area contributed by atoms with E-state index in [-0.39, 0.29) is 16.7 Å². The van der Waals surface area contributed by atoms with Crippen molar-refractivity contribution < 1.29 is 33.3 Å². The van der Waals surface area contributed by atoms with Crippen LogP contribution < -0.4 is 11.2 Å². The molecule has 1 fully saturated rings. The van der Waals surface area contributed by atoms with Gasteiger partial charge in [0.2, 0.25) is 0 Å². The number of nitrogens with one attached hydrogen (secondary N) is 1. The lowest BCUT2D eigenvalue weighted by atomic mass is 10.1. The SMILES string of the molecule is O=C(OC[C@H]1O[C@@H](n2ccc(=O)[nH]c2=O)[C@@H](OC(=O)c2ccccc2)[C@H]1OC(=O)c1ccccc1)c1ccccc1. The number of benzene rings is 3. The van der Waals surface area contributed by atoms with Crippen molar-refractivity contribution in [2.24, 2.45) is 0 Å². The Kier molecular flexibility index (Phi) is 8.16. The van der Waals surface area contributed by atoms with Crippen LogP contribution >= 0.6 is 0 Å². The van der Waals surface area contributed by atoms with Crippen LogP contribution in [0.1, 0.15) is 37.3 Å². The minimum atomic E-state index is -1.38. The van der Waals surface area contributed by atoms with Gasteiger partial charge < -0.3 is 18.9 Å². The summed E-state index contributed by atoms with van der Waals surface area (Å²) in [5.41, 5.74) is -0.804. The fraction of sp³-hybridized carbons (Fsp3) is 0.167. The first-order valence-electron chi connectivity index (χ1n) is 12.6. The van der Waals surface area contributed by atoms with Gasteiger partial charge in [-0.2, -0.15) is 0 Å². The van der Waals surface area contributed by atoms with Crippen molar-refractivity contribution in [1.29, 1.82) is 0 Å². The van der Waals surface area contributed by atoms with Crippen molar-refractivity contribution in [3.63, 3.8) is 0 Å². The Morgan fingerprint density at radius 2 is 1.17 bits per heavy atom. The summed E-state index contributed by atoms with van der Waals surface area (Å²) in [6.07, 6.45) is -4.03. The van der Waals surface area contributed by atoms with Gasteiger partial charge in [-0.25, -0.2) is 19.2 Å². The quantitative estimate of drug-likeness (QED) is 0.256. The van der Waals surface area contributed by atoms with Gasteiger partial charge >= 0.3 is 23.6 Å². The molecule has 1 N–H and O–H groups in total. The summed E-state index contributed by atoms with van der Waals surface area (Å²) in [6.45, 7) is -0.408. The molecule has 208 valence electrons. The van der Waals surface area contributed by atoms with Crippen LogP contribution in [0, 0.1) is 0 Å². The molecule has 0 bridgehead atoms. The first-order chi connectivity index (χ1) is 19.9. The number of carbonyl (C=O) groups is 3. The smallest absolute Gasteiger partial charge is 0.338 e. The van der Waals surface area contributed by atoms with Crippen LogP contribution in [0.15, 0.2) is 113 Å². The molecule has 11 heteroatoms. The molecule has 0 radical (unpaired) electrons. The average molecular weight is 557 g/mol. The summed E-state index contributed by atoms with van der Waals surface area (Å²) in [7, 11) is 0. The monoisotopic (exact) mass is 556 g/mol. The fourth-order valence-electron chi connectivity index (χ4n) is 4.31. The molecule has 5 rings (SSSR count). The van der Waals surface area contributed by atoms with Gasteiger partial charge in [0.15, 0.2) is 18.4 Å². The summed E-state index contributed by atoms with van der Waals surface area (Å²) in [5.74, 6) is -2.19. The predicted molar refractivity (Wildman–Crippen MR) is 143 cm³/mol. The van der Waals surface area contributed by atoms with Gasteiger partial charge in [0.05, 0.1) is 16.7 Å². The van der Waals surface area contributed by atoms with Crippen molar-refractivity contribution in [2.45, 2.75) is 24.5 Å². The third-order valence-corrected chi connectivity index (χ3v) is 6.30. The number of rotatable bonds is 8. The van der Waals surface area contributed by atoms with E-state index in [0.29, 0.717) is 0 Å². The van der Waals surface area contributed by atoms with Crippen LogP contribution in [-0.2, 0) is 18.9 Å². The van der Waals surface area contributed by atoms with E-state index >= 15 is 0 Å². The second kappa shape index (κ2) is 12.3. The minimum Gasteiger partial charge on any atom is -0.459 e. The van der Waals surface area contributed by atoms with Crippen LogP contribution in [0.25, 0.3) is 0 Å². The van der Waals surface area contributed by atoms with Crippen molar-refractivity contribution >= 4 is 17.9 Å². The number of esters is 3. The van der Waals surface area contributed by atoms with Gasteiger partial charge in [-0.05, 0) is 36.4 Å². The maximum atomic E-state index is 13.1. The number of H-pyrrole nitrogens is 1. The van der Waals surface area contributed by atoms with Crippen molar-refractivity contribution in [1.82, 2.24) is 9.55 Å². The van der Waals surface area contributed by atoms with E-state index in [1.54, 1.807) is 66.7 Å². The number of hydrogen-bond acceptors (Lipinski definition) is 9. The highest BCUT2D eigenvalue weighted by Gasteiger charge is 2.51. The highest BCUT2D eigenvalue weighted by molar-refractivity contribution is 5.91. The summed E-state index contributed by atoms with van der Waals surface area (Å²) >= 11 is 0. The Labute approximate surface area is 232 Å². The maximum absolute atomic E-state index is 13.1. The Morgan fingerprint density at radius 3 is 1.68 bits per heavy atom. The Bertz CT molecular complexity index is 1640. The largest absolute Gasteiger partial charge is 0.459 e. The zero-order valence-corrected chi connectivity index (χ0v) is 21.5.